The molecule has 0 saturated carbocycles. The monoisotopic (exact) mass is 291 g/mol. The van der Waals surface area contributed by atoms with Gasteiger partial charge in [0.05, 0.1) is 12.1 Å². The first kappa shape index (κ1) is 15.9. The third-order valence-corrected chi connectivity index (χ3v) is 4.02. The van der Waals surface area contributed by atoms with Crippen molar-refractivity contribution in [3.05, 3.63) is 35.9 Å². The van der Waals surface area contributed by atoms with Gasteiger partial charge in [-0.05, 0) is 18.4 Å². The number of β-amino-alcohol motifs (C(OH)–C–C–N with tert-alkyl or cyclic N) is 1. The molecule has 1 saturated heterocycles. The molecule has 1 aliphatic heterocycles. The molecular formula is C16H25N3O2. The summed E-state index contributed by atoms with van der Waals surface area (Å²) in [4.78, 5) is 14.0. The average Bonchev–Trinajstić information content (AvgIpc) is 2.84. The van der Waals surface area contributed by atoms with Crippen molar-refractivity contribution >= 4 is 5.91 Å². The Kier molecular flexibility index (Phi) is 5.73. The number of aliphatic hydroxyl groups excluding tert-OH is 1. The number of hydrogen-bond donors (Lipinski definition) is 3. The van der Waals surface area contributed by atoms with Gasteiger partial charge in [-0.1, -0.05) is 37.3 Å². The van der Waals surface area contributed by atoms with Crippen molar-refractivity contribution in [2.45, 2.75) is 44.5 Å². The minimum atomic E-state index is -0.445. The molecule has 5 heteroatoms. The molecule has 3 atom stereocenters. The zero-order valence-corrected chi connectivity index (χ0v) is 12.5. The van der Waals surface area contributed by atoms with Gasteiger partial charge in [-0.15, -0.1) is 0 Å². The van der Waals surface area contributed by atoms with Crippen LogP contribution in [0.25, 0.3) is 0 Å². The zero-order chi connectivity index (χ0) is 15.2. The summed E-state index contributed by atoms with van der Waals surface area (Å²) in [6.07, 6.45) is 0.997. The van der Waals surface area contributed by atoms with Crippen LogP contribution < -0.4 is 11.1 Å². The smallest absolute Gasteiger partial charge is 0.236 e. The molecule has 116 valence electrons. The van der Waals surface area contributed by atoms with Crippen molar-refractivity contribution in [3.8, 4) is 0 Å². The Labute approximate surface area is 126 Å². The fourth-order valence-corrected chi connectivity index (χ4v) is 2.72. The fraction of sp³-hybridized carbons (Fsp3) is 0.562. The average molecular weight is 291 g/mol. The highest BCUT2D eigenvalue weighted by Crippen LogP contribution is 2.20. The van der Waals surface area contributed by atoms with Gasteiger partial charge in [-0.25, -0.2) is 0 Å². The molecule has 0 radical (unpaired) electrons. The third-order valence-electron chi connectivity index (χ3n) is 4.02. The van der Waals surface area contributed by atoms with Gasteiger partial charge < -0.3 is 16.2 Å². The van der Waals surface area contributed by atoms with Crippen LogP contribution >= 0.6 is 0 Å². The van der Waals surface area contributed by atoms with Crippen molar-refractivity contribution in [3.63, 3.8) is 0 Å². The molecule has 0 aromatic heterocycles. The predicted octanol–water partition coefficient (Wildman–Crippen LogP) is 0.475. The van der Waals surface area contributed by atoms with Gasteiger partial charge in [0.25, 0.3) is 0 Å². The van der Waals surface area contributed by atoms with Crippen LogP contribution in [-0.2, 0) is 11.3 Å². The van der Waals surface area contributed by atoms with E-state index in [2.05, 4.69) is 22.3 Å². The number of nitrogens with one attached hydrogen (secondary N) is 1. The molecule has 1 fully saturated rings. The lowest BCUT2D eigenvalue weighted by Crippen LogP contribution is -2.45. The first-order chi connectivity index (χ1) is 10.1. The van der Waals surface area contributed by atoms with Crippen molar-refractivity contribution < 1.29 is 9.90 Å². The largest absolute Gasteiger partial charge is 0.392 e. The Bertz CT molecular complexity index is 452. The summed E-state index contributed by atoms with van der Waals surface area (Å²) in [5.41, 5.74) is 6.93. The van der Waals surface area contributed by atoms with Crippen molar-refractivity contribution in [1.29, 1.82) is 0 Å². The van der Waals surface area contributed by atoms with Crippen LogP contribution in [0.15, 0.2) is 30.3 Å². The van der Waals surface area contributed by atoms with E-state index in [1.807, 2.05) is 25.1 Å². The van der Waals surface area contributed by atoms with Gasteiger partial charge in [-0.3, -0.25) is 9.69 Å². The maximum atomic E-state index is 11.8. The predicted molar refractivity (Wildman–Crippen MR) is 82.5 cm³/mol. The first-order valence-electron chi connectivity index (χ1n) is 7.59. The number of carbonyl (C=O) groups excluding carboxylic acids is 1. The zero-order valence-electron chi connectivity index (χ0n) is 12.5. The molecule has 0 unspecified atom stereocenters. The normalized spacial score (nSPS) is 24.0. The standard InChI is InChI=1S/C16H25N3O2/c1-2-15(17)16(21)18-9-13-8-14(20)11-19(13)10-12-6-4-3-5-7-12/h3-7,13-15,20H,2,8-11,17H2,1H3,(H,18,21)/t13-,14+,15-/m0/s1. The summed E-state index contributed by atoms with van der Waals surface area (Å²) in [6.45, 7) is 3.87. The Morgan fingerprint density at radius 1 is 1.48 bits per heavy atom. The van der Waals surface area contributed by atoms with Crippen molar-refractivity contribution in [1.82, 2.24) is 10.2 Å². The van der Waals surface area contributed by atoms with Crippen LogP contribution in [0, 0.1) is 0 Å². The minimum Gasteiger partial charge on any atom is -0.392 e. The van der Waals surface area contributed by atoms with E-state index in [-0.39, 0.29) is 18.1 Å². The lowest BCUT2D eigenvalue weighted by atomic mass is 10.1. The number of likely N-dealkylation sites (tertiary alicyclic amines) is 1. The minimum absolute atomic E-state index is 0.112. The van der Waals surface area contributed by atoms with E-state index in [9.17, 15) is 9.90 Å². The number of hydrogen-bond acceptors (Lipinski definition) is 4. The van der Waals surface area contributed by atoms with E-state index in [1.54, 1.807) is 0 Å². The number of nitrogens with zero attached hydrogens (tertiary/aromatic N) is 1. The van der Waals surface area contributed by atoms with Crippen molar-refractivity contribution in [2.24, 2.45) is 5.73 Å². The molecule has 5 nitrogen and oxygen atoms in total. The van der Waals surface area contributed by atoms with E-state index in [4.69, 9.17) is 5.73 Å². The number of carbonyl (C=O) groups is 1. The highest BCUT2D eigenvalue weighted by Gasteiger charge is 2.31. The van der Waals surface area contributed by atoms with Crippen LogP contribution in [0.5, 0.6) is 0 Å². The fourth-order valence-electron chi connectivity index (χ4n) is 2.72. The second-order valence-corrected chi connectivity index (χ2v) is 5.72. The Hall–Kier alpha value is -1.43. The molecule has 0 spiro atoms. The molecule has 2 rings (SSSR count). The Morgan fingerprint density at radius 2 is 2.19 bits per heavy atom. The van der Waals surface area contributed by atoms with E-state index >= 15 is 0 Å². The molecule has 0 bridgehead atoms. The number of nitrogens with two attached hydrogens (primary N) is 1. The topological polar surface area (TPSA) is 78.6 Å². The van der Waals surface area contributed by atoms with Crippen LogP contribution in [0.2, 0.25) is 0 Å². The molecular weight excluding hydrogens is 266 g/mol. The molecule has 1 aliphatic rings. The van der Waals surface area contributed by atoms with Gasteiger partial charge >= 0.3 is 0 Å². The summed E-state index contributed by atoms with van der Waals surface area (Å²) in [5, 5.41) is 12.8. The first-order valence-corrected chi connectivity index (χ1v) is 7.59. The second-order valence-electron chi connectivity index (χ2n) is 5.72. The summed E-state index contributed by atoms with van der Waals surface area (Å²) in [7, 11) is 0. The molecule has 21 heavy (non-hydrogen) atoms. The Morgan fingerprint density at radius 3 is 2.86 bits per heavy atom. The van der Waals surface area contributed by atoms with Gasteiger partial charge in [0, 0.05) is 25.7 Å². The molecule has 1 aromatic rings. The quantitative estimate of drug-likeness (QED) is 0.712. The van der Waals surface area contributed by atoms with E-state index < -0.39 is 6.04 Å². The maximum Gasteiger partial charge on any atom is 0.236 e. The van der Waals surface area contributed by atoms with Crippen LogP contribution in [0.4, 0.5) is 0 Å². The highest BCUT2D eigenvalue weighted by atomic mass is 16.3. The second kappa shape index (κ2) is 7.54. The lowest BCUT2D eigenvalue weighted by molar-refractivity contribution is -0.122. The molecule has 1 aromatic carbocycles. The van der Waals surface area contributed by atoms with Crippen LogP contribution in [-0.4, -0.2) is 47.2 Å². The molecule has 4 N–H and O–H groups in total. The number of rotatable bonds is 6. The summed E-state index contributed by atoms with van der Waals surface area (Å²) in [6, 6.07) is 9.89. The van der Waals surface area contributed by atoms with E-state index in [0.717, 1.165) is 6.54 Å². The van der Waals surface area contributed by atoms with Gasteiger partial charge in [0.15, 0.2) is 0 Å². The number of aliphatic hydroxyl groups is 1. The number of benzene rings is 1. The number of amides is 1. The molecule has 1 heterocycles. The van der Waals surface area contributed by atoms with E-state index in [1.165, 1.54) is 5.56 Å². The van der Waals surface area contributed by atoms with Crippen LogP contribution in [0.1, 0.15) is 25.3 Å². The molecule has 1 amide bonds. The van der Waals surface area contributed by atoms with Gasteiger partial charge in [0.2, 0.25) is 5.91 Å². The summed E-state index contributed by atoms with van der Waals surface area (Å²) < 4.78 is 0. The highest BCUT2D eigenvalue weighted by molar-refractivity contribution is 5.81. The Balaban J connectivity index is 1.89. The summed E-state index contributed by atoms with van der Waals surface area (Å²) >= 11 is 0. The van der Waals surface area contributed by atoms with Crippen molar-refractivity contribution in [2.75, 3.05) is 13.1 Å². The summed E-state index contributed by atoms with van der Waals surface area (Å²) in [5.74, 6) is -0.112. The van der Waals surface area contributed by atoms with Gasteiger partial charge in [-0.2, -0.15) is 0 Å². The lowest BCUT2D eigenvalue weighted by Gasteiger charge is -2.25. The SMILES string of the molecule is CC[C@H](N)C(=O)NC[C@@H]1C[C@@H](O)CN1Cc1ccccc1. The van der Waals surface area contributed by atoms with Gasteiger partial charge in [0.1, 0.15) is 0 Å². The molecule has 0 aliphatic carbocycles. The third kappa shape index (κ3) is 4.52. The maximum absolute atomic E-state index is 11.8. The van der Waals surface area contributed by atoms with E-state index in [0.29, 0.717) is 25.9 Å². The van der Waals surface area contributed by atoms with Crippen LogP contribution in [0.3, 0.4) is 0 Å².